The van der Waals surface area contributed by atoms with Gasteiger partial charge in [-0.3, -0.25) is 19.3 Å². The molecule has 4 aliphatic rings. The highest BCUT2D eigenvalue weighted by Crippen LogP contribution is 2.66. The molecular weight excluding hydrogens is 939 g/mol. The van der Waals surface area contributed by atoms with E-state index >= 15 is 19.2 Å². The molecule has 0 saturated carbocycles. The Morgan fingerprint density at radius 1 is 0.811 bits per heavy atom. The zero-order valence-electron chi connectivity index (χ0n) is 40.6. The third-order valence-corrected chi connectivity index (χ3v) is 14.2. The van der Waals surface area contributed by atoms with Crippen LogP contribution in [0.25, 0.3) is 0 Å². The number of anilines is 3. The number of aliphatic hydroxyl groups excluding tert-OH is 1. The number of fused-ring (bicyclic) bond motifs is 3. The van der Waals surface area contributed by atoms with Crippen molar-refractivity contribution in [1.82, 2.24) is 15.5 Å². The van der Waals surface area contributed by atoms with Crippen LogP contribution >= 0.6 is 0 Å². The van der Waals surface area contributed by atoms with E-state index in [-0.39, 0.29) is 31.0 Å². The average Bonchev–Trinajstić information content (AvgIpc) is 3.97. The molecule has 0 radical (unpaired) electrons. The van der Waals surface area contributed by atoms with Gasteiger partial charge in [0.1, 0.15) is 29.9 Å². The number of amides is 6. The number of primary amides is 1. The second-order valence-electron chi connectivity index (χ2n) is 18.5. The predicted octanol–water partition coefficient (Wildman–Crippen LogP) is 6.69. The molecule has 6 aromatic rings. The summed E-state index contributed by atoms with van der Waals surface area (Å²) < 4.78 is 18.1. The first-order valence-electron chi connectivity index (χ1n) is 24.6. The van der Waals surface area contributed by atoms with E-state index < -0.39 is 71.5 Å². The summed E-state index contributed by atoms with van der Waals surface area (Å²) in [5.41, 5.74) is 8.17. The van der Waals surface area contributed by atoms with Gasteiger partial charge in [-0.25, -0.2) is 14.5 Å². The van der Waals surface area contributed by atoms with Crippen LogP contribution in [0.4, 0.5) is 26.7 Å². The summed E-state index contributed by atoms with van der Waals surface area (Å²) in [5, 5.41) is 18.3. The molecule has 0 aliphatic carbocycles. The summed E-state index contributed by atoms with van der Waals surface area (Å²) in [5.74, 6) is 2.66. The minimum Gasteiger partial charge on any atom is -0.491 e. The molecule has 6 N–H and O–H groups in total. The van der Waals surface area contributed by atoms with Gasteiger partial charge in [-0.15, -0.1) is 0 Å². The molecule has 7 unspecified atom stereocenters. The summed E-state index contributed by atoms with van der Waals surface area (Å²) in [4.78, 5) is 80.5. The normalized spacial score (nSPS) is 22.4. The lowest BCUT2D eigenvalue weighted by atomic mass is 9.65. The Morgan fingerprint density at radius 2 is 1.47 bits per heavy atom. The molecule has 3 fully saturated rings. The molecule has 6 amide bonds. The Bertz CT molecular complexity index is 3090. The summed E-state index contributed by atoms with van der Waals surface area (Å²) in [6.45, 7) is 4.07. The Morgan fingerprint density at radius 3 is 2.14 bits per heavy atom. The first-order valence-corrected chi connectivity index (χ1v) is 24.6. The SMILES string of the molecule is CC(NC(=O)N1C(=O)C2(c3cc(C#CCNC(N)=O)ccc31)C(C(=O)Nc1ccc(N3CCOCC3)cc1)C1C(=O)OC(c3ccccc3)C(c3ccccc3)N1C2c1ccc(OCCO)cc1)c1ccccc1. The number of carbonyl (C=O) groups is 5. The quantitative estimate of drug-likeness (QED) is 0.0646. The number of aliphatic hydroxyl groups is 1. The number of esters is 1. The van der Waals surface area contributed by atoms with Gasteiger partial charge in [0, 0.05) is 30.0 Å². The minimum absolute atomic E-state index is 0.0212. The van der Waals surface area contributed by atoms with E-state index in [1.807, 2.05) is 115 Å². The lowest BCUT2D eigenvalue weighted by molar-refractivity contribution is -0.177. The number of hydrogen-bond donors (Lipinski definition) is 5. The van der Waals surface area contributed by atoms with Crippen molar-refractivity contribution in [1.29, 1.82) is 0 Å². The fraction of sp³-hybridized carbons (Fsp3) is 0.259. The van der Waals surface area contributed by atoms with E-state index in [1.54, 1.807) is 54.6 Å². The number of rotatable bonds is 12. The van der Waals surface area contributed by atoms with Gasteiger partial charge in [-0.1, -0.05) is 115 Å². The summed E-state index contributed by atoms with van der Waals surface area (Å²) >= 11 is 0. The Balaban J connectivity index is 1.22. The highest BCUT2D eigenvalue weighted by molar-refractivity contribution is 6.25. The van der Waals surface area contributed by atoms with E-state index in [0.717, 1.165) is 21.7 Å². The third kappa shape index (κ3) is 9.28. The lowest BCUT2D eigenvalue weighted by Gasteiger charge is -2.46. The van der Waals surface area contributed by atoms with Crippen molar-refractivity contribution >= 4 is 46.9 Å². The number of morpholine rings is 2. The highest BCUT2D eigenvalue weighted by Gasteiger charge is 2.75. The summed E-state index contributed by atoms with van der Waals surface area (Å²) in [6, 6.07) is 42.0. The van der Waals surface area contributed by atoms with Crippen LogP contribution in [0.5, 0.6) is 5.75 Å². The Kier molecular flexibility index (Phi) is 14.1. The zero-order valence-corrected chi connectivity index (χ0v) is 40.6. The van der Waals surface area contributed by atoms with Crippen molar-refractivity contribution in [2.24, 2.45) is 11.7 Å². The van der Waals surface area contributed by atoms with Crippen molar-refractivity contribution in [3.8, 4) is 17.6 Å². The van der Waals surface area contributed by atoms with Gasteiger partial charge in [-0.2, -0.15) is 0 Å². The average molecular weight is 994 g/mol. The molecule has 74 heavy (non-hydrogen) atoms. The molecule has 16 nitrogen and oxygen atoms in total. The molecule has 10 rings (SSSR count). The van der Waals surface area contributed by atoms with E-state index in [9.17, 15) is 9.90 Å². The smallest absolute Gasteiger partial charge is 0.329 e. The van der Waals surface area contributed by atoms with Gasteiger partial charge in [0.05, 0.1) is 56.1 Å². The van der Waals surface area contributed by atoms with Gasteiger partial charge < -0.3 is 45.9 Å². The molecule has 1 spiro atoms. The molecule has 3 saturated heterocycles. The first kappa shape index (κ1) is 49.1. The molecule has 0 aromatic heterocycles. The number of carbonyl (C=O) groups excluding carboxylic acids is 5. The van der Waals surface area contributed by atoms with Crippen molar-refractivity contribution in [2.75, 3.05) is 61.2 Å². The molecule has 7 atom stereocenters. The fourth-order valence-electron chi connectivity index (χ4n) is 11.0. The van der Waals surface area contributed by atoms with Crippen LogP contribution in [0.15, 0.2) is 158 Å². The molecule has 376 valence electrons. The molecule has 4 heterocycles. The van der Waals surface area contributed by atoms with E-state index in [0.29, 0.717) is 54.4 Å². The molecule has 4 aliphatic heterocycles. The van der Waals surface area contributed by atoms with Gasteiger partial charge in [-0.05, 0) is 89.3 Å². The fourth-order valence-corrected chi connectivity index (χ4v) is 11.0. The minimum atomic E-state index is -2.08. The summed E-state index contributed by atoms with van der Waals surface area (Å²) in [7, 11) is 0. The van der Waals surface area contributed by atoms with Gasteiger partial charge in [0.25, 0.3) is 0 Å². The van der Waals surface area contributed by atoms with Crippen LogP contribution in [0.2, 0.25) is 0 Å². The highest BCUT2D eigenvalue weighted by atomic mass is 16.6. The van der Waals surface area contributed by atoms with Crippen molar-refractivity contribution in [3.63, 3.8) is 0 Å². The van der Waals surface area contributed by atoms with Crippen LogP contribution in [-0.4, -0.2) is 92.0 Å². The van der Waals surface area contributed by atoms with Crippen LogP contribution in [0.3, 0.4) is 0 Å². The Labute approximate surface area is 428 Å². The maximum Gasteiger partial charge on any atom is 0.329 e. The van der Waals surface area contributed by atoms with E-state index in [1.165, 1.54) is 0 Å². The van der Waals surface area contributed by atoms with Crippen molar-refractivity contribution in [2.45, 2.75) is 42.6 Å². The lowest BCUT2D eigenvalue weighted by Crippen LogP contribution is -2.55. The van der Waals surface area contributed by atoms with Crippen molar-refractivity contribution in [3.05, 3.63) is 191 Å². The van der Waals surface area contributed by atoms with Crippen LogP contribution in [0, 0.1) is 17.8 Å². The number of nitrogens with zero attached hydrogens (tertiary/aromatic N) is 3. The maximum absolute atomic E-state index is 16.8. The predicted molar refractivity (Wildman–Crippen MR) is 277 cm³/mol. The monoisotopic (exact) mass is 993 g/mol. The zero-order chi connectivity index (χ0) is 51.3. The standard InChI is InChI=1S/C58H55N7O9/c1-37(39-13-5-2-6-14-39)61-57(71)64-47-28-19-38(12-11-29-60-56(59)70)36-46(47)58(55(64)69)48(53(67)62-43-22-24-44(25-23-43)63-30-33-72-34-31-63)50-54(68)74-51(41-17-9-4-10-18-41)49(40-15-7-3-8-16-40)65(50)52(58)42-20-26-45(27-21-42)73-35-32-66/h2-10,13-28,36-37,48-52,66H,29-35H2,1H3,(H,61,71)(H,62,67)(H3,59,60,70). The van der Waals surface area contributed by atoms with Crippen LogP contribution < -0.4 is 36.2 Å². The second kappa shape index (κ2) is 21.3. The number of ether oxygens (including phenoxy) is 3. The topological polar surface area (TPSA) is 205 Å². The molecule has 0 bridgehead atoms. The maximum atomic E-state index is 16.8. The number of hydrogen-bond acceptors (Lipinski definition) is 11. The Hall–Kier alpha value is -8.49. The summed E-state index contributed by atoms with van der Waals surface area (Å²) in [6.07, 6.45) is -0.944. The van der Waals surface area contributed by atoms with Crippen molar-refractivity contribution < 1.29 is 43.3 Å². The molecular formula is C58H55N7O9. The van der Waals surface area contributed by atoms with Gasteiger partial charge >= 0.3 is 18.0 Å². The number of imide groups is 1. The number of nitrogens with two attached hydrogens (primary N) is 1. The van der Waals surface area contributed by atoms with Crippen LogP contribution in [0.1, 0.15) is 64.5 Å². The number of urea groups is 2. The third-order valence-electron chi connectivity index (χ3n) is 14.2. The molecule has 6 aromatic carbocycles. The van der Waals surface area contributed by atoms with E-state index in [4.69, 9.17) is 19.9 Å². The number of benzene rings is 6. The van der Waals surface area contributed by atoms with Crippen LogP contribution in [-0.2, 0) is 29.3 Å². The van der Waals surface area contributed by atoms with Gasteiger partial charge in [0.2, 0.25) is 11.8 Å². The number of cyclic esters (lactones) is 1. The van der Waals surface area contributed by atoms with E-state index in [2.05, 4.69) is 32.7 Å². The second-order valence-corrected chi connectivity index (χ2v) is 18.5. The largest absolute Gasteiger partial charge is 0.491 e. The first-order chi connectivity index (χ1) is 36.1. The van der Waals surface area contributed by atoms with Gasteiger partial charge in [0.15, 0.2) is 0 Å². The molecule has 16 heteroatoms. The number of nitrogens with one attached hydrogen (secondary N) is 3.